The Morgan fingerprint density at radius 2 is 2.12 bits per heavy atom. The lowest BCUT2D eigenvalue weighted by Crippen LogP contribution is -2.38. The highest BCUT2D eigenvalue weighted by atomic mass is 16.6. The van der Waals surface area contributed by atoms with E-state index in [9.17, 15) is 14.9 Å². The van der Waals surface area contributed by atoms with Gasteiger partial charge >= 0.3 is 0 Å². The average molecular weight is 332 g/mol. The van der Waals surface area contributed by atoms with Crippen molar-refractivity contribution < 1.29 is 9.72 Å². The Labute approximate surface area is 141 Å². The Balaban J connectivity index is 1.69. The normalized spacial score (nSPS) is 20.8. The number of carbonyl (C=O) groups is 1. The van der Waals surface area contributed by atoms with Crippen molar-refractivity contribution >= 4 is 17.3 Å². The lowest BCUT2D eigenvalue weighted by Gasteiger charge is -2.23. The van der Waals surface area contributed by atoms with Gasteiger partial charge in [0, 0.05) is 31.3 Å². The van der Waals surface area contributed by atoms with E-state index in [1.807, 2.05) is 4.90 Å². The first-order valence-corrected chi connectivity index (χ1v) is 8.67. The fourth-order valence-corrected chi connectivity index (χ4v) is 3.47. The number of nitrogens with zero attached hydrogens (tertiary/aromatic N) is 2. The number of benzene rings is 1. The minimum Gasteiger partial charge on any atom is -0.366 e. The van der Waals surface area contributed by atoms with E-state index in [2.05, 4.69) is 10.6 Å². The molecule has 0 spiro atoms. The van der Waals surface area contributed by atoms with E-state index in [0.29, 0.717) is 23.7 Å². The molecule has 1 aromatic carbocycles. The van der Waals surface area contributed by atoms with Crippen molar-refractivity contribution in [3.63, 3.8) is 0 Å². The topological polar surface area (TPSA) is 87.5 Å². The molecule has 3 rings (SSSR count). The second kappa shape index (κ2) is 7.61. The molecule has 0 radical (unpaired) electrons. The number of hydrogen-bond donors (Lipinski definition) is 2. The Morgan fingerprint density at radius 3 is 2.79 bits per heavy atom. The Kier molecular flexibility index (Phi) is 5.30. The van der Waals surface area contributed by atoms with Gasteiger partial charge in [0.1, 0.15) is 5.69 Å². The summed E-state index contributed by atoms with van der Waals surface area (Å²) in [5.74, 6) is 0.193. The largest absolute Gasteiger partial charge is 0.366 e. The zero-order valence-corrected chi connectivity index (χ0v) is 13.8. The highest BCUT2D eigenvalue weighted by Crippen LogP contribution is 2.31. The standard InChI is InChI=1S/C17H24N4O3/c22-17(19-12-13-4-3-7-18-11-13)14-5-6-15(16(10-14)21(23)24)20-8-1-2-9-20/h5-6,10,13,18H,1-4,7-9,11-12H2,(H,19,22). The third-order valence-electron chi connectivity index (χ3n) is 4.83. The van der Waals surface area contributed by atoms with Crippen LogP contribution in [-0.2, 0) is 0 Å². The van der Waals surface area contributed by atoms with Crippen LogP contribution in [0.4, 0.5) is 11.4 Å². The van der Waals surface area contributed by atoms with Gasteiger partial charge in [-0.15, -0.1) is 0 Å². The quantitative estimate of drug-likeness (QED) is 0.635. The fourth-order valence-electron chi connectivity index (χ4n) is 3.47. The zero-order valence-electron chi connectivity index (χ0n) is 13.8. The molecular weight excluding hydrogens is 308 g/mol. The van der Waals surface area contributed by atoms with Crippen LogP contribution in [0.5, 0.6) is 0 Å². The Hall–Kier alpha value is -2.15. The molecule has 7 heteroatoms. The van der Waals surface area contributed by atoms with E-state index in [1.165, 1.54) is 6.07 Å². The summed E-state index contributed by atoms with van der Waals surface area (Å²) >= 11 is 0. The predicted octanol–water partition coefficient (Wildman–Crippen LogP) is 1.92. The van der Waals surface area contributed by atoms with Crippen molar-refractivity contribution in [3.8, 4) is 0 Å². The Bertz CT molecular complexity index is 608. The first kappa shape index (κ1) is 16.7. The number of hydrogen-bond acceptors (Lipinski definition) is 5. The maximum absolute atomic E-state index is 12.3. The highest BCUT2D eigenvalue weighted by molar-refractivity contribution is 5.95. The zero-order chi connectivity index (χ0) is 16.9. The first-order chi connectivity index (χ1) is 11.6. The second-order valence-electron chi connectivity index (χ2n) is 6.58. The third kappa shape index (κ3) is 3.84. The molecule has 0 aliphatic carbocycles. The molecule has 2 fully saturated rings. The molecular formula is C17H24N4O3. The van der Waals surface area contributed by atoms with Gasteiger partial charge in [-0.1, -0.05) is 0 Å². The summed E-state index contributed by atoms with van der Waals surface area (Å²) < 4.78 is 0. The molecule has 2 N–H and O–H groups in total. The van der Waals surface area contributed by atoms with Crippen LogP contribution in [0.3, 0.4) is 0 Å². The summed E-state index contributed by atoms with van der Waals surface area (Å²) in [6.07, 6.45) is 4.32. The molecule has 1 amide bonds. The molecule has 1 atom stereocenters. The number of rotatable bonds is 5. The van der Waals surface area contributed by atoms with Crippen LogP contribution in [0.2, 0.25) is 0 Å². The Morgan fingerprint density at radius 1 is 1.33 bits per heavy atom. The lowest BCUT2D eigenvalue weighted by atomic mass is 9.99. The molecule has 130 valence electrons. The SMILES string of the molecule is O=C(NCC1CCCNC1)c1ccc(N2CCCC2)c([N+](=O)[O-])c1. The molecule has 1 unspecified atom stereocenters. The number of piperidine rings is 1. The number of nitrogens with one attached hydrogen (secondary N) is 2. The number of amides is 1. The molecule has 0 saturated carbocycles. The van der Waals surface area contributed by atoms with Crippen molar-refractivity contribution in [1.29, 1.82) is 0 Å². The van der Waals surface area contributed by atoms with Crippen LogP contribution in [0.25, 0.3) is 0 Å². The van der Waals surface area contributed by atoms with E-state index in [4.69, 9.17) is 0 Å². The van der Waals surface area contributed by atoms with Crippen LogP contribution < -0.4 is 15.5 Å². The molecule has 0 bridgehead atoms. The maximum atomic E-state index is 12.3. The van der Waals surface area contributed by atoms with Crippen molar-refractivity contribution in [3.05, 3.63) is 33.9 Å². The van der Waals surface area contributed by atoms with Crippen LogP contribution in [0.1, 0.15) is 36.0 Å². The van der Waals surface area contributed by atoms with E-state index in [0.717, 1.165) is 51.9 Å². The van der Waals surface area contributed by atoms with Crippen molar-refractivity contribution in [2.75, 3.05) is 37.6 Å². The van der Waals surface area contributed by atoms with Crippen LogP contribution in [-0.4, -0.2) is 43.6 Å². The first-order valence-electron chi connectivity index (χ1n) is 8.67. The van der Waals surface area contributed by atoms with Gasteiger partial charge in [-0.2, -0.15) is 0 Å². The molecule has 1 aromatic rings. The minimum absolute atomic E-state index is 0.0175. The second-order valence-corrected chi connectivity index (χ2v) is 6.58. The molecule has 2 aliphatic rings. The summed E-state index contributed by atoms with van der Waals surface area (Å²) in [5.41, 5.74) is 0.989. The fraction of sp³-hybridized carbons (Fsp3) is 0.588. The molecule has 2 aliphatic heterocycles. The minimum atomic E-state index is -0.393. The molecule has 2 saturated heterocycles. The molecule has 24 heavy (non-hydrogen) atoms. The molecule has 7 nitrogen and oxygen atoms in total. The van der Waals surface area contributed by atoms with Gasteiger partial charge in [-0.25, -0.2) is 0 Å². The van der Waals surface area contributed by atoms with Gasteiger partial charge in [0.25, 0.3) is 11.6 Å². The highest BCUT2D eigenvalue weighted by Gasteiger charge is 2.24. The molecule has 2 heterocycles. The van der Waals surface area contributed by atoms with Gasteiger partial charge in [-0.3, -0.25) is 14.9 Å². The maximum Gasteiger partial charge on any atom is 0.293 e. The van der Waals surface area contributed by atoms with Gasteiger partial charge in [-0.05, 0) is 56.8 Å². The van der Waals surface area contributed by atoms with Gasteiger partial charge in [0.2, 0.25) is 0 Å². The summed E-state index contributed by atoms with van der Waals surface area (Å²) in [5, 5.41) is 17.6. The van der Waals surface area contributed by atoms with E-state index >= 15 is 0 Å². The van der Waals surface area contributed by atoms with Gasteiger partial charge in [0.15, 0.2) is 0 Å². The molecule has 0 aromatic heterocycles. The van der Waals surface area contributed by atoms with Crippen molar-refractivity contribution in [2.24, 2.45) is 5.92 Å². The average Bonchev–Trinajstić information content (AvgIpc) is 3.14. The number of nitro benzene ring substituents is 1. The monoisotopic (exact) mass is 332 g/mol. The van der Waals surface area contributed by atoms with Gasteiger partial charge < -0.3 is 15.5 Å². The van der Waals surface area contributed by atoms with Crippen LogP contribution >= 0.6 is 0 Å². The smallest absolute Gasteiger partial charge is 0.293 e. The number of carbonyl (C=O) groups excluding carboxylic acids is 1. The van der Waals surface area contributed by atoms with Crippen molar-refractivity contribution in [1.82, 2.24) is 10.6 Å². The van der Waals surface area contributed by atoms with Gasteiger partial charge in [0.05, 0.1) is 4.92 Å². The summed E-state index contributed by atoms with van der Waals surface area (Å²) in [6, 6.07) is 4.80. The van der Waals surface area contributed by atoms with E-state index < -0.39 is 4.92 Å². The van der Waals surface area contributed by atoms with E-state index in [-0.39, 0.29) is 11.6 Å². The summed E-state index contributed by atoms with van der Waals surface area (Å²) in [6.45, 7) is 4.22. The summed E-state index contributed by atoms with van der Waals surface area (Å²) in [4.78, 5) is 25.4. The summed E-state index contributed by atoms with van der Waals surface area (Å²) in [7, 11) is 0. The van der Waals surface area contributed by atoms with Crippen LogP contribution in [0, 0.1) is 16.0 Å². The van der Waals surface area contributed by atoms with Crippen LogP contribution in [0.15, 0.2) is 18.2 Å². The van der Waals surface area contributed by atoms with E-state index in [1.54, 1.807) is 12.1 Å². The van der Waals surface area contributed by atoms with Crippen molar-refractivity contribution in [2.45, 2.75) is 25.7 Å². The number of nitro groups is 1. The third-order valence-corrected chi connectivity index (χ3v) is 4.83. The number of anilines is 1. The predicted molar refractivity (Wildman–Crippen MR) is 92.5 cm³/mol. The lowest BCUT2D eigenvalue weighted by molar-refractivity contribution is -0.384.